The summed E-state index contributed by atoms with van der Waals surface area (Å²) in [6.45, 7) is 4.43. The van der Waals surface area contributed by atoms with Crippen LogP contribution in [0.5, 0.6) is 0 Å². The molecule has 0 atom stereocenters. The zero-order valence-corrected chi connectivity index (χ0v) is 14.9. The Morgan fingerprint density at radius 2 is 1.88 bits per heavy atom. The molecule has 1 heterocycles. The summed E-state index contributed by atoms with van der Waals surface area (Å²) in [5, 5.41) is 5.19. The Morgan fingerprint density at radius 3 is 2.62 bits per heavy atom. The summed E-state index contributed by atoms with van der Waals surface area (Å²) in [6, 6.07) is 11.0. The van der Waals surface area contributed by atoms with Gasteiger partial charge in [-0.2, -0.15) is 0 Å². The summed E-state index contributed by atoms with van der Waals surface area (Å²) >= 11 is 0. The minimum Gasteiger partial charge on any atom is -0.312 e. The summed E-state index contributed by atoms with van der Waals surface area (Å²) in [7, 11) is 0. The minimum absolute atomic E-state index is 0.0684. The SMILES string of the molecule is CC(C)C(=O)N1CCCc2ccc(NC(=O)Nc3ccccc3F)cc21. The first-order valence-corrected chi connectivity index (χ1v) is 8.72. The number of anilines is 3. The molecule has 0 fully saturated rings. The van der Waals surface area contributed by atoms with E-state index in [1.54, 1.807) is 29.2 Å². The third-order valence-electron chi connectivity index (χ3n) is 4.34. The van der Waals surface area contributed by atoms with Crippen molar-refractivity contribution < 1.29 is 14.0 Å². The summed E-state index contributed by atoms with van der Waals surface area (Å²) in [5.74, 6) is -0.525. The number of benzene rings is 2. The molecule has 2 N–H and O–H groups in total. The van der Waals surface area contributed by atoms with Gasteiger partial charge < -0.3 is 15.5 Å². The van der Waals surface area contributed by atoms with Crippen molar-refractivity contribution in [2.75, 3.05) is 22.1 Å². The van der Waals surface area contributed by atoms with Crippen molar-refractivity contribution >= 4 is 29.0 Å². The number of carbonyl (C=O) groups is 2. The van der Waals surface area contributed by atoms with E-state index in [2.05, 4.69) is 10.6 Å². The maximum Gasteiger partial charge on any atom is 0.323 e. The van der Waals surface area contributed by atoms with Gasteiger partial charge in [-0.15, -0.1) is 0 Å². The molecule has 0 unspecified atom stereocenters. The molecule has 2 aromatic rings. The molecular weight excluding hydrogens is 333 g/mol. The largest absolute Gasteiger partial charge is 0.323 e. The molecule has 1 aliphatic rings. The van der Waals surface area contributed by atoms with Gasteiger partial charge >= 0.3 is 6.03 Å². The number of halogens is 1. The number of hydrogen-bond acceptors (Lipinski definition) is 2. The van der Waals surface area contributed by atoms with Gasteiger partial charge in [0.2, 0.25) is 5.91 Å². The van der Waals surface area contributed by atoms with Crippen LogP contribution < -0.4 is 15.5 Å². The van der Waals surface area contributed by atoms with Crippen LogP contribution in [-0.4, -0.2) is 18.5 Å². The van der Waals surface area contributed by atoms with Gasteiger partial charge in [0.25, 0.3) is 0 Å². The lowest BCUT2D eigenvalue weighted by Gasteiger charge is -2.31. The second kappa shape index (κ2) is 7.56. The monoisotopic (exact) mass is 355 g/mol. The maximum absolute atomic E-state index is 13.6. The highest BCUT2D eigenvalue weighted by Crippen LogP contribution is 2.31. The Morgan fingerprint density at radius 1 is 1.12 bits per heavy atom. The average molecular weight is 355 g/mol. The zero-order valence-electron chi connectivity index (χ0n) is 14.9. The van der Waals surface area contributed by atoms with E-state index in [9.17, 15) is 14.0 Å². The van der Waals surface area contributed by atoms with Crippen molar-refractivity contribution in [1.82, 2.24) is 0 Å². The highest BCUT2D eigenvalue weighted by atomic mass is 19.1. The zero-order chi connectivity index (χ0) is 18.7. The predicted octanol–water partition coefficient (Wildman–Crippen LogP) is 4.40. The molecule has 3 rings (SSSR count). The Kier molecular flexibility index (Phi) is 5.21. The van der Waals surface area contributed by atoms with Crippen molar-refractivity contribution in [3.63, 3.8) is 0 Å². The Hall–Kier alpha value is -2.89. The van der Waals surface area contributed by atoms with Gasteiger partial charge in [-0.1, -0.05) is 32.0 Å². The number of fused-ring (bicyclic) bond motifs is 1. The number of hydrogen-bond donors (Lipinski definition) is 2. The Bertz CT molecular complexity index is 836. The van der Waals surface area contributed by atoms with E-state index in [0.717, 1.165) is 24.1 Å². The lowest BCUT2D eigenvalue weighted by atomic mass is 9.99. The van der Waals surface area contributed by atoms with Crippen LogP contribution in [0, 0.1) is 11.7 Å². The third-order valence-corrected chi connectivity index (χ3v) is 4.34. The van der Waals surface area contributed by atoms with Crippen LogP contribution in [0.2, 0.25) is 0 Å². The van der Waals surface area contributed by atoms with Crippen molar-refractivity contribution in [3.8, 4) is 0 Å². The molecule has 6 heteroatoms. The number of aryl methyl sites for hydroxylation is 1. The van der Waals surface area contributed by atoms with Gasteiger partial charge in [-0.25, -0.2) is 9.18 Å². The van der Waals surface area contributed by atoms with Crippen LogP contribution in [0.4, 0.5) is 26.2 Å². The van der Waals surface area contributed by atoms with E-state index in [1.165, 1.54) is 12.1 Å². The predicted molar refractivity (Wildman–Crippen MR) is 101 cm³/mol. The van der Waals surface area contributed by atoms with Crippen LogP contribution in [0.15, 0.2) is 42.5 Å². The van der Waals surface area contributed by atoms with E-state index in [0.29, 0.717) is 12.2 Å². The number of carbonyl (C=O) groups excluding carboxylic acids is 2. The van der Waals surface area contributed by atoms with Crippen LogP contribution in [0.25, 0.3) is 0 Å². The summed E-state index contributed by atoms with van der Waals surface area (Å²) in [6.07, 6.45) is 1.82. The molecule has 26 heavy (non-hydrogen) atoms. The fraction of sp³-hybridized carbons (Fsp3) is 0.300. The molecule has 1 aliphatic heterocycles. The number of nitrogens with zero attached hydrogens (tertiary/aromatic N) is 1. The van der Waals surface area contributed by atoms with Crippen LogP contribution in [0.3, 0.4) is 0 Å². The highest BCUT2D eigenvalue weighted by Gasteiger charge is 2.24. The fourth-order valence-electron chi connectivity index (χ4n) is 3.04. The summed E-state index contributed by atoms with van der Waals surface area (Å²) < 4.78 is 13.6. The first-order chi connectivity index (χ1) is 12.5. The van der Waals surface area contributed by atoms with Gasteiger partial charge in [0.15, 0.2) is 0 Å². The highest BCUT2D eigenvalue weighted by molar-refractivity contribution is 6.01. The Balaban J connectivity index is 1.77. The molecule has 0 radical (unpaired) electrons. The van der Waals surface area contributed by atoms with E-state index < -0.39 is 11.8 Å². The second-order valence-electron chi connectivity index (χ2n) is 6.65. The van der Waals surface area contributed by atoms with Crippen LogP contribution in [-0.2, 0) is 11.2 Å². The molecule has 136 valence electrons. The van der Waals surface area contributed by atoms with E-state index in [-0.39, 0.29) is 17.5 Å². The van der Waals surface area contributed by atoms with Crippen molar-refractivity contribution in [2.45, 2.75) is 26.7 Å². The molecule has 0 aromatic heterocycles. The molecule has 0 spiro atoms. The van der Waals surface area contributed by atoms with Crippen LogP contribution >= 0.6 is 0 Å². The molecule has 3 amide bonds. The fourth-order valence-corrected chi connectivity index (χ4v) is 3.04. The van der Waals surface area contributed by atoms with E-state index in [1.807, 2.05) is 19.9 Å². The third kappa shape index (κ3) is 3.85. The minimum atomic E-state index is -0.535. The molecule has 2 aromatic carbocycles. The van der Waals surface area contributed by atoms with Gasteiger partial charge in [0.05, 0.1) is 5.69 Å². The average Bonchev–Trinajstić information content (AvgIpc) is 2.62. The first-order valence-electron chi connectivity index (χ1n) is 8.72. The van der Waals surface area contributed by atoms with E-state index in [4.69, 9.17) is 0 Å². The summed E-state index contributed by atoms with van der Waals surface area (Å²) in [5.41, 5.74) is 2.59. The smallest absolute Gasteiger partial charge is 0.312 e. The Labute approximate surface area is 152 Å². The first kappa shape index (κ1) is 17.9. The van der Waals surface area contributed by atoms with Gasteiger partial charge in [-0.3, -0.25) is 4.79 Å². The molecule has 5 nitrogen and oxygen atoms in total. The number of urea groups is 1. The van der Waals surface area contributed by atoms with E-state index >= 15 is 0 Å². The number of para-hydroxylation sites is 1. The number of rotatable bonds is 3. The van der Waals surface area contributed by atoms with Crippen LogP contribution in [0.1, 0.15) is 25.8 Å². The van der Waals surface area contributed by atoms with Gasteiger partial charge in [0, 0.05) is 23.8 Å². The maximum atomic E-state index is 13.6. The standard InChI is InChI=1S/C20H22FN3O2/c1-13(2)19(25)24-11-5-6-14-9-10-15(12-18(14)24)22-20(26)23-17-8-4-3-7-16(17)21/h3-4,7-10,12-13H,5-6,11H2,1-2H3,(H2,22,23,26). The molecule has 0 bridgehead atoms. The molecule has 0 saturated heterocycles. The topological polar surface area (TPSA) is 61.4 Å². The quantitative estimate of drug-likeness (QED) is 0.857. The molecular formula is C20H22FN3O2. The van der Waals surface area contributed by atoms with Crippen molar-refractivity contribution in [1.29, 1.82) is 0 Å². The molecule has 0 saturated carbocycles. The van der Waals surface area contributed by atoms with Gasteiger partial charge in [-0.05, 0) is 42.7 Å². The lowest BCUT2D eigenvalue weighted by molar-refractivity contribution is -0.121. The van der Waals surface area contributed by atoms with Crippen molar-refractivity contribution in [3.05, 3.63) is 53.8 Å². The number of amides is 3. The van der Waals surface area contributed by atoms with Gasteiger partial charge in [0.1, 0.15) is 5.82 Å². The summed E-state index contributed by atoms with van der Waals surface area (Å²) in [4.78, 5) is 26.4. The molecule has 0 aliphatic carbocycles. The lowest BCUT2D eigenvalue weighted by Crippen LogP contribution is -2.38. The van der Waals surface area contributed by atoms with Crippen molar-refractivity contribution in [2.24, 2.45) is 5.92 Å². The second-order valence-corrected chi connectivity index (χ2v) is 6.65. The number of nitrogens with one attached hydrogen (secondary N) is 2. The normalized spacial score (nSPS) is 13.3.